The Hall–Kier alpha value is -3.55. The molecule has 0 fully saturated rings. The Morgan fingerprint density at radius 1 is 0.880 bits per heavy atom. The molecule has 0 aromatic heterocycles. The Bertz CT molecular complexity index is 790. The lowest BCUT2D eigenvalue weighted by atomic mass is 10.1. The maximum absolute atomic E-state index is 12.5. The molecular formula is C17H13NO7-2. The van der Waals surface area contributed by atoms with Gasteiger partial charge in [0.15, 0.2) is 0 Å². The predicted octanol–water partition coefficient (Wildman–Crippen LogP) is -0.317. The number of ether oxygens (including phenoxy) is 2. The van der Waals surface area contributed by atoms with Crippen molar-refractivity contribution in [1.29, 1.82) is 0 Å². The lowest BCUT2D eigenvalue weighted by Crippen LogP contribution is -2.26. The zero-order valence-electron chi connectivity index (χ0n) is 13.3. The molecule has 2 aromatic carbocycles. The molecule has 8 nitrogen and oxygen atoms in total. The van der Waals surface area contributed by atoms with Gasteiger partial charge >= 0.3 is 0 Å². The van der Waals surface area contributed by atoms with Crippen molar-refractivity contribution in [2.24, 2.45) is 0 Å². The molecule has 0 spiro atoms. The average Bonchev–Trinajstić information content (AvgIpc) is 2.60. The summed E-state index contributed by atoms with van der Waals surface area (Å²) in [7, 11) is 2.74. The summed E-state index contributed by atoms with van der Waals surface area (Å²) < 4.78 is 10.2. The standard InChI is InChI=1S/C17H15NO7/c1-24-12-4-3-5-13(25-2)14(12)15(19)18-11-7-9(16(20)21)6-10(8-11)17(22)23/h3-8H,1-2H3,(H,18,19)(H,20,21)(H,22,23)/p-2. The summed E-state index contributed by atoms with van der Waals surface area (Å²) in [5.74, 6) is -3.39. The van der Waals surface area contributed by atoms with E-state index >= 15 is 0 Å². The highest BCUT2D eigenvalue weighted by Gasteiger charge is 2.18. The first-order valence-corrected chi connectivity index (χ1v) is 6.97. The second-order valence-electron chi connectivity index (χ2n) is 4.87. The molecule has 25 heavy (non-hydrogen) atoms. The predicted molar refractivity (Wildman–Crippen MR) is 82.6 cm³/mol. The Balaban J connectivity index is 2.45. The van der Waals surface area contributed by atoms with Gasteiger partial charge in [0.1, 0.15) is 17.1 Å². The highest BCUT2D eigenvalue weighted by atomic mass is 16.5. The third-order valence-electron chi connectivity index (χ3n) is 3.32. The maximum atomic E-state index is 12.5. The van der Waals surface area contributed by atoms with Crippen LogP contribution in [0, 0.1) is 0 Å². The minimum absolute atomic E-state index is 0.0566. The molecule has 1 amide bonds. The van der Waals surface area contributed by atoms with Crippen LogP contribution in [0.5, 0.6) is 11.5 Å². The summed E-state index contributed by atoms with van der Waals surface area (Å²) in [6.45, 7) is 0. The van der Waals surface area contributed by atoms with E-state index in [4.69, 9.17) is 9.47 Å². The smallest absolute Gasteiger partial charge is 0.263 e. The van der Waals surface area contributed by atoms with Crippen LogP contribution in [0.15, 0.2) is 36.4 Å². The molecule has 0 radical (unpaired) electrons. The van der Waals surface area contributed by atoms with Gasteiger partial charge in [-0.1, -0.05) is 6.07 Å². The molecule has 0 saturated carbocycles. The van der Waals surface area contributed by atoms with Gasteiger partial charge in [-0.2, -0.15) is 0 Å². The first-order valence-electron chi connectivity index (χ1n) is 6.97. The van der Waals surface area contributed by atoms with Crippen molar-refractivity contribution in [3.63, 3.8) is 0 Å². The number of aromatic carboxylic acids is 2. The number of hydrogen-bond donors (Lipinski definition) is 1. The van der Waals surface area contributed by atoms with Gasteiger partial charge in [0.05, 0.1) is 26.2 Å². The topological polar surface area (TPSA) is 128 Å². The van der Waals surface area contributed by atoms with Gasteiger partial charge in [-0.3, -0.25) is 4.79 Å². The van der Waals surface area contributed by atoms with Gasteiger partial charge in [-0.25, -0.2) is 0 Å². The molecule has 130 valence electrons. The lowest BCUT2D eigenvalue weighted by molar-refractivity contribution is -0.255. The number of methoxy groups -OCH3 is 2. The van der Waals surface area contributed by atoms with Crippen LogP contribution < -0.4 is 25.0 Å². The molecule has 0 heterocycles. The number of carbonyl (C=O) groups excluding carboxylic acids is 3. The van der Waals surface area contributed by atoms with Crippen LogP contribution in [0.3, 0.4) is 0 Å². The zero-order valence-corrected chi connectivity index (χ0v) is 13.3. The van der Waals surface area contributed by atoms with E-state index in [2.05, 4.69) is 5.32 Å². The van der Waals surface area contributed by atoms with E-state index in [1.165, 1.54) is 14.2 Å². The SMILES string of the molecule is COc1cccc(OC)c1C(=O)Nc1cc(C(=O)[O-])cc(C(=O)[O-])c1. The number of anilines is 1. The quantitative estimate of drug-likeness (QED) is 0.761. The van der Waals surface area contributed by atoms with Crippen LogP contribution in [0.1, 0.15) is 31.1 Å². The van der Waals surface area contributed by atoms with Gasteiger partial charge in [0.25, 0.3) is 5.91 Å². The van der Waals surface area contributed by atoms with Gasteiger partial charge in [-0.15, -0.1) is 0 Å². The molecule has 2 rings (SSSR count). The number of nitrogens with one attached hydrogen (secondary N) is 1. The first-order chi connectivity index (χ1) is 11.9. The van der Waals surface area contributed by atoms with Crippen LogP contribution in [0.25, 0.3) is 0 Å². The van der Waals surface area contributed by atoms with Crippen molar-refractivity contribution in [2.75, 3.05) is 19.5 Å². The third-order valence-corrected chi connectivity index (χ3v) is 3.32. The highest BCUT2D eigenvalue weighted by molar-refractivity contribution is 6.09. The summed E-state index contributed by atoms with van der Waals surface area (Å²) >= 11 is 0. The van der Waals surface area contributed by atoms with Gasteiger partial charge < -0.3 is 34.6 Å². The van der Waals surface area contributed by atoms with Crippen molar-refractivity contribution >= 4 is 23.5 Å². The summed E-state index contributed by atoms with van der Waals surface area (Å²) in [5.41, 5.74) is -0.812. The normalized spacial score (nSPS) is 10.0. The van der Waals surface area contributed by atoms with E-state index in [1.54, 1.807) is 18.2 Å². The summed E-state index contributed by atoms with van der Waals surface area (Å²) in [5, 5.41) is 24.4. The average molecular weight is 343 g/mol. The van der Waals surface area contributed by atoms with E-state index in [-0.39, 0.29) is 22.7 Å². The van der Waals surface area contributed by atoms with Crippen molar-refractivity contribution in [3.05, 3.63) is 53.1 Å². The van der Waals surface area contributed by atoms with Crippen molar-refractivity contribution in [2.45, 2.75) is 0 Å². The van der Waals surface area contributed by atoms with Crippen molar-refractivity contribution in [3.8, 4) is 11.5 Å². The Labute approximate surface area is 142 Å². The van der Waals surface area contributed by atoms with E-state index in [1.807, 2.05) is 0 Å². The minimum Gasteiger partial charge on any atom is -0.545 e. The summed E-state index contributed by atoms with van der Waals surface area (Å²) in [6, 6.07) is 7.73. The molecular weight excluding hydrogens is 330 g/mol. The highest BCUT2D eigenvalue weighted by Crippen LogP contribution is 2.29. The second-order valence-corrected chi connectivity index (χ2v) is 4.87. The molecule has 0 aliphatic rings. The number of amides is 1. The number of carboxylic acids is 2. The van der Waals surface area contributed by atoms with Gasteiger partial charge in [0.2, 0.25) is 0 Å². The van der Waals surface area contributed by atoms with Crippen LogP contribution in [-0.2, 0) is 0 Å². The Kier molecular flexibility index (Phi) is 5.23. The third kappa shape index (κ3) is 3.86. The molecule has 2 aromatic rings. The minimum atomic E-state index is -1.59. The van der Waals surface area contributed by atoms with E-state index < -0.39 is 29.0 Å². The fourth-order valence-corrected chi connectivity index (χ4v) is 2.20. The van der Waals surface area contributed by atoms with E-state index in [9.17, 15) is 24.6 Å². The van der Waals surface area contributed by atoms with Crippen LogP contribution in [0.2, 0.25) is 0 Å². The van der Waals surface area contributed by atoms with Crippen LogP contribution in [-0.4, -0.2) is 32.1 Å². The fourth-order valence-electron chi connectivity index (χ4n) is 2.20. The molecule has 0 unspecified atom stereocenters. The fraction of sp³-hybridized carbons (Fsp3) is 0.118. The Morgan fingerprint density at radius 2 is 1.36 bits per heavy atom. The number of carbonyl (C=O) groups is 3. The van der Waals surface area contributed by atoms with E-state index in [0.717, 1.165) is 18.2 Å². The van der Waals surface area contributed by atoms with Crippen molar-refractivity contribution in [1.82, 2.24) is 0 Å². The van der Waals surface area contributed by atoms with Crippen LogP contribution >= 0.6 is 0 Å². The second kappa shape index (κ2) is 7.35. The number of carboxylic acid groups (broad SMARTS) is 2. The van der Waals surface area contributed by atoms with E-state index in [0.29, 0.717) is 0 Å². The number of rotatable bonds is 6. The zero-order chi connectivity index (χ0) is 18.6. The molecule has 0 bridgehead atoms. The largest absolute Gasteiger partial charge is 0.545 e. The Morgan fingerprint density at radius 3 is 1.76 bits per heavy atom. The van der Waals surface area contributed by atoms with Gasteiger partial charge in [0, 0.05) is 5.69 Å². The lowest BCUT2D eigenvalue weighted by Gasteiger charge is -2.15. The molecule has 0 atom stereocenters. The number of benzene rings is 2. The van der Waals surface area contributed by atoms with Crippen molar-refractivity contribution < 1.29 is 34.1 Å². The number of hydrogen-bond acceptors (Lipinski definition) is 7. The summed E-state index contributed by atoms with van der Waals surface area (Å²) in [6.07, 6.45) is 0. The molecule has 1 N–H and O–H groups in total. The molecule has 0 aliphatic heterocycles. The first kappa shape index (κ1) is 17.8. The monoisotopic (exact) mass is 343 g/mol. The van der Waals surface area contributed by atoms with Gasteiger partial charge in [-0.05, 0) is 41.5 Å². The molecule has 0 aliphatic carbocycles. The van der Waals surface area contributed by atoms with Crippen LogP contribution in [0.4, 0.5) is 5.69 Å². The summed E-state index contributed by atoms with van der Waals surface area (Å²) in [4.78, 5) is 34.6. The molecule has 0 saturated heterocycles. The maximum Gasteiger partial charge on any atom is 0.263 e. The molecule has 8 heteroatoms.